The summed E-state index contributed by atoms with van der Waals surface area (Å²) in [6.45, 7) is 0.0180. The average molecular weight is 524 g/mol. The number of hydrogen-bond donors (Lipinski definition) is 2. The molecule has 0 bridgehead atoms. The number of hydrogen-bond acceptors (Lipinski definition) is 5. The molecule has 0 aliphatic heterocycles. The molecule has 0 aromatic heterocycles. The number of sulfonamides is 2. The Balaban J connectivity index is 1.56. The first kappa shape index (κ1) is 26.1. The average Bonchev–Trinajstić information content (AvgIpc) is 2.78. The molecular formula is C23H23F2N3O5S2. The van der Waals surface area contributed by atoms with Gasteiger partial charge in [0.05, 0.1) is 16.8 Å². The van der Waals surface area contributed by atoms with Crippen LogP contribution in [0, 0.1) is 11.6 Å². The lowest BCUT2D eigenvalue weighted by atomic mass is 10.2. The Morgan fingerprint density at radius 1 is 0.800 bits per heavy atom. The number of nitrogens with one attached hydrogen (secondary N) is 2. The summed E-state index contributed by atoms with van der Waals surface area (Å²) in [4.78, 5) is 12.2. The lowest BCUT2D eigenvalue weighted by Crippen LogP contribution is -2.31. The van der Waals surface area contributed by atoms with E-state index in [0.717, 1.165) is 34.8 Å². The van der Waals surface area contributed by atoms with E-state index in [-0.39, 0.29) is 30.0 Å². The van der Waals surface area contributed by atoms with Gasteiger partial charge >= 0.3 is 0 Å². The first-order chi connectivity index (χ1) is 16.4. The number of nitrogens with zero attached hydrogens (tertiary/aromatic N) is 1. The van der Waals surface area contributed by atoms with E-state index in [1.54, 1.807) is 0 Å². The highest BCUT2D eigenvalue weighted by Crippen LogP contribution is 2.20. The first-order valence-electron chi connectivity index (χ1n) is 10.4. The molecule has 35 heavy (non-hydrogen) atoms. The van der Waals surface area contributed by atoms with Crippen molar-refractivity contribution in [3.8, 4) is 0 Å². The largest absolute Gasteiger partial charge is 0.326 e. The van der Waals surface area contributed by atoms with Gasteiger partial charge in [-0.05, 0) is 79.2 Å². The molecule has 0 atom stereocenters. The second-order valence-electron chi connectivity index (χ2n) is 7.60. The van der Waals surface area contributed by atoms with Crippen molar-refractivity contribution in [1.82, 2.24) is 0 Å². The van der Waals surface area contributed by atoms with Crippen LogP contribution in [-0.4, -0.2) is 35.5 Å². The molecule has 12 heteroatoms. The summed E-state index contributed by atoms with van der Waals surface area (Å²) in [5.74, 6) is -1.38. The van der Waals surface area contributed by atoms with Gasteiger partial charge in [0.2, 0.25) is 15.9 Å². The zero-order valence-electron chi connectivity index (χ0n) is 18.6. The van der Waals surface area contributed by atoms with Crippen LogP contribution in [-0.2, 0) is 24.8 Å². The van der Waals surface area contributed by atoms with Gasteiger partial charge in [0.1, 0.15) is 11.6 Å². The summed E-state index contributed by atoms with van der Waals surface area (Å²) in [5.41, 5.74) is 0.849. The molecule has 186 valence electrons. The summed E-state index contributed by atoms with van der Waals surface area (Å²) in [6.07, 6.45) is 1.22. The van der Waals surface area contributed by atoms with E-state index in [9.17, 15) is 30.4 Å². The minimum absolute atomic E-state index is 0.000608. The second kappa shape index (κ2) is 10.8. The summed E-state index contributed by atoms with van der Waals surface area (Å²) in [7, 11) is -7.54. The molecule has 2 N–H and O–H groups in total. The van der Waals surface area contributed by atoms with Gasteiger partial charge < -0.3 is 5.32 Å². The molecule has 8 nitrogen and oxygen atoms in total. The minimum atomic E-state index is -3.91. The van der Waals surface area contributed by atoms with Gasteiger partial charge in [-0.3, -0.25) is 13.8 Å². The van der Waals surface area contributed by atoms with Crippen LogP contribution in [0.2, 0.25) is 0 Å². The fraction of sp³-hybridized carbons (Fsp3) is 0.174. The quantitative estimate of drug-likeness (QED) is 0.418. The second-order valence-corrected chi connectivity index (χ2v) is 11.2. The number of rotatable bonds is 10. The van der Waals surface area contributed by atoms with E-state index in [1.807, 2.05) is 0 Å². The van der Waals surface area contributed by atoms with E-state index in [4.69, 9.17) is 0 Å². The Labute approximate surface area is 202 Å². The van der Waals surface area contributed by atoms with Gasteiger partial charge in [-0.25, -0.2) is 25.6 Å². The van der Waals surface area contributed by atoms with Crippen molar-refractivity contribution < 1.29 is 30.4 Å². The van der Waals surface area contributed by atoms with Gasteiger partial charge in [-0.15, -0.1) is 0 Å². The molecule has 0 heterocycles. The molecule has 0 aliphatic carbocycles. The molecule has 3 rings (SSSR count). The van der Waals surface area contributed by atoms with E-state index in [1.165, 1.54) is 48.5 Å². The fourth-order valence-electron chi connectivity index (χ4n) is 3.15. The van der Waals surface area contributed by atoms with Crippen LogP contribution in [0.15, 0.2) is 77.7 Å². The predicted octanol–water partition coefficient (Wildman–Crippen LogP) is 3.95. The van der Waals surface area contributed by atoms with Crippen LogP contribution >= 0.6 is 0 Å². The van der Waals surface area contributed by atoms with Crippen molar-refractivity contribution in [3.63, 3.8) is 0 Å². The van der Waals surface area contributed by atoms with E-state index in [2.05, 4.69) is 10.0 Å². The van der Waals surface area contributed by atoms with Crippen LogP contribution < -0.4 is 14.3 Å². The predicted molar refractivity (Wildman–Crippen MR) is 130 cm³/mol. The molecule has 0 unspecified atom stereocenters. The number of halogens is 2. The fourth-order valence-corrected chi connectivity index (χ4v) is 5.17. The number of carbonyl (C=O) groups excluding carboxylic acids is 1. The third-order valence-electron chi connectivity index (χ3n) is 4.82. The maximum Gasteiger partial charge on any atom is 0.261 e. The molecule has 0 radical (unpaired) electrons. The number of benzene rings is 3. The molecule has 0 spiro atoms. The maximum atomic E-state index is 13.1. The summed E-state index contributed by atoms with van der Waals surface area (Å²) in [6, 6.07) is 15.3. The Morgan fingerprint density at radius 3 is 1.86 bits per heavy atom. The topological polar surface area (TPSA) is 113 Å². The van der Waals surface area contributed by atoms with E-state index in [0.29, 0.717) is 11.4 Å². The molecule has 0 fully saturated rings. The van der Waals surface area contributed by atoms with Gasteiger partial charge in [0.15, 0.2) is 0 Å². The minimum Gasteiger partial charge on any atom is -0.326 e. The van der Waals surface area contributed by atoms with Crippen molar-refractivity contribution in [2.24, 2.45) is 0 Å². The van der Waals surface area contributed by atoms with Crippen LogP contribution in [0.5, 0.6) is 0 Å². The van der Waals surface area contributed by atoms with Crippen LogP contribution in [0.4, 0.5) is 25.8 Å². The lowest BCUT2D eigenvalue weighted by molar-refractivity contribution is -0.116. The Morgan fingerprint density at radius 2 is 1.31 bits per heavy atom. The summed E-state index contributed by atoms with van der Waals surface area (Å²) >= 11 is 0. The van der Waals surface area contributed by atoms with Crippen molar-refractivity contribution >= 4 is 43.0 Å². The van der Waals surface area contributed by atoms with Gasteiger partial charge in [-0.1, -0.05) is 0 Å². The van der Waals surface area contributed by atoms with Crippen molar-refractivity contribution in [3.05, 3.63) is 84.4 Å². The van der Waals surface area contributed by atoms with Crippen molar-refractivity contribution in [2.45, 2.75) is 17.7 Å². The number of anilines is 3. The Kier molecular flexibility index (Phi) is 8.07. The molecular weight excluding hydrogens is 500 g/mol. The third kappa shape index (κ3) is 7.49. The zero-order valence-corrected chi connectivity index (χ0v) is 20.2. The summed E-state index contributed by atoms with van der Waals surface area (Å²) in [5, 5.41) is 2.62. The van der Waals surface area contributed by atoms with Crippen molar-refractivity contribution in [2.75, 3.05) is 27.1 Å². The standard InChI is InChI=1S/C23H23F2N3O5S2/c1-34(30,31)28(21-12-6-18(25)7-13-21)16-2-3-23(29)26-19-10-14-22(15-11-19)35(32,33)27-20-8-4-17(24)5-9-20/h4-15,27H,2-3,16H2,1H3,(H,26,29). The van der Waals surface area contributed by atoms with Crippen LogP contribution in [0.25, 0.3) is 0 Å². The molecule has 0 aliphatic rings. The van der Waals surface area contributed by atoms with Gasteiger partial charge in [-0.2, -0.15) is 0 Å². The molecule has 3 aromatic rings. The monoisotopic (exact) mass is 523 g/mol. The van der Waals surface area contributed by atoms with Crippen LogP contribution in [0.3, 0.4) is 0 Å². The Bertz CT molecular complexity index is 1380. The highest BCUT2D eigenvalue weighted by atomic mass is 32.2. The normalized spacial score (nSPS) is 11.6. The highest BCUT2D eigenvalue weighted by Gasteiger charge is 2.18. The molecule has 1 amide bonds. The van der Waals surface area contributed by atoms with E-state index >= 15 is 0 Å². The lowest BCUT2D eigenvalue weighted by Gasteiger charge is -2.22. The van der Waals surface area contributed by atoms with Gasteiger partial charge in [0, 0.05) is 24.3 Å². The van der Waals surface area contributed by atoms with Crippen molar-refractivity contribution in [1.29, 1.82) is 0 Å². The molecule has 0 saturated carbocycles. The molecule has 3 aromatic carbocycles. The summed E-state index contributed by atoms with van der Waals surface area (Å²) < 4.78 is 78.7. The zero-order chi connectivity index (χ0) is 25.6. The SMILES string of the molecule is CS(=O)(=O)N(CCCC(=O)Nc1ccc(S(=O)(=O)Nc2ccc(F)cc2)cc1)c1ccc(F)cc1. The van der Waals surface area contributed by atoms with Gasteiger partial charge in [0.25, 0.3) is 10.0 Å². The smallest absolute Gasteiger partial charge is 0.261 e. The highest BCUT2D eigenvalue weighted by molar-refractivity contribution is 7.92. The molecule has 0 saturated heterocycles. The Hall–Kier alpha value is -3.51. The number of carbonyl (C=O) groups is 1. The number of amides is 1. The third-order valence-corrected chi connectivity index (χ3v) is 7.42. The first-order valence-corrected chi connectivity index (χ1v) is 13.7. The maximum absolute atomic E-state index is 13.1. The van der Waals surface area contributed by atoms with E-state index < -0.39 is 37.6 Å². The van der Waals surface area contributed by atoms with Crippen LogP contribution in [0.1, 0.15) is 12.8 Å².